The van der Waals surface area contributed by atoms with Crippen LogP contribution in [0.2, 0.25) is 0 Å². The topological polar surface area (TPSA) is 62.8 Å². The Bertz CT molecular complexity index is 789. The summed E-state index contributed by atoms with van der Waals surface area (Å²) >= 11 is 0. The van der Waals surface area contributed by atoms with Crippen molar-refractivity contribution in [3.63, 3.8) is 0 Å². The molecule has 0 bridgehead atoms. The SMILES string of the molecule is COc1ccc(-c2cc3cc(CCCO)ccc3o2)cc1O. The van der Waals surface area contributed by atoms with Crippen LogP contribution >= 0.6 is 0 Å². The van der Waals surface area contributed by atoms with E-state index in [2.05, 4.69) is 6.07 Å². The minimum Gasteiger partial charge on any atom is -0.504 e. The number of phenolic OH excluding ortho intramolecular Hbond substituents is 1. The number of methoxy groups -OCH3 is 1. The zero-order chi connectivity index (χ0) is 15.5. The molecule has 3 aromatic rings. The van der Waals surface area contributed by atoms with Crippen LogP contribution in [0.5, 0.6) is 11.5 Å². The Morgan fingerprint density at radius 3 is 2.68 bits per heavy atom. The van der Waals surface area contributed by atoms with Gasteiger partial charge in [0, 0.05) is 17.6 Å². The highest BCUT2D eigenvalue weighted by Crippen LogP contribution is 2.34. The molecular formula is C18H18O4. The molecular weight excluding hydrogens is 280 g/mol. The zero-order valence-corrected chi connectivity index (χ0v) is 12.4. The minimum absolute atomic E-state index is 0.0871. The van der Waals surface area contributed by atoms with Gasteiger partial charge in [-0.2, -0.15) is 0 Å². The van der Waals surface area contributed by atoms with Crippen LogP contribution in [0.4, 0.5) is 0 Å². The van der Waals surface area contributed by atoms with E-state index in [1.807, 2.05) is 24.3 Å². The molecule has 0 fully saturated rings. The summed E-state index contributed by atoms with van der Waals surface area (Å²) in [7, 11) is 1.52. The Hall–Kier alpha value is -2.46. The third-order valence-corrected chi connectivity index (χ3v) is 3.67. The molecule has 0 aliphatic heterocycles. The Morgan fingerprint density at radius 1 is 1.09 bits per heavy atom. The number of aliphatic hydroxyl groups is 1. The van der Waals surface area contributed by atoms with E-state index in [1.54, 1.807) is 12.1 Å². The standard InChI is InChI=1S/C18H18O4/c1-21-17-7-5-13(10-15(17)20)18-11-14-9-12(3-2-8-19)4-6-16(14)22-18/h4-7,9-11,19-20H,2-3,8H2,1H3. The van der Waals surface area contributed by atoms with Gasteiger partial charge < -0.3 is 19.4 Å². The Labute approximate surface area is 128 Å². The second-order valence-electron chi connectivity index (χ2n) is 5.20. The number of ether oxygens (including phenoxy) is 1. The molecule has 1 aromatic heterocycles. The summed E-state index contributed by atoms with van der Waals surface area (Å²) < 4.78 is 10.9. The number of hydrogen-bond donors (Lipinski definition) is 2. The van der Waals surface area contributed by atoms with Crippen LogP contribution in [0, 0.1) is 0 Å². The van der Waals surface area contributed by atoms with Gasteiger partial charge in [0.25, 0.3) is 0 Å². The molecule has 0 aliphatic carbocycles. The maximum Gasteiger partial charge on any atom is 0.160 e. The average Bonchev–Trinajstić information content (AvgIpc) is 2.96. The van der Waals surface area contributed by atoms with E-state index >= 15 is 0 Å². The lowest BCUT2D eigenvalue weighted by molar-refractivity contribution is 0.288. The molecule has 22 heavy (non-hydrogen) atoms. The molecule has 0 atom stereocenters. The van der Waals surface area contributed by atoms with Crippen molar-refractivity contribution in [2.45, 2.75) is 12.8 Å². The highest BCUT2D eigenvalue weighted by molar-refractivity contribution is 5.83. The van der Waals surface area contributed by atoms with Crippen molar-refractivity contribution < 1.29 is 19.4 Å². The van der Waals surface area contributed by atoms with Crippen molar-refractivity contribution in [3.05, 3.63) is 48.0 Å². The fourth-order valence-electron chi connectivity index (χ4n) is 2.52. The fourth-order valence-corrected chi connectivity index (χ4v) is 2.52. The Kier molecular flexibility index (Phi) is 4.02. The predicted molar refractivity (Wildman–Crippen MR) is 85.3 cm³/mol. The first kappa shape index (κ1) is 14.5. The van der Waals surface area contributed by atoms with Crippen molar-refractivity contribution in [2.24, 2.45) is 0 Å². The summed E-state index contributed by atoms with van der Waals surface area (Å²) in [5.41, 5.74) is 2.77. The van der Waals surface area contributed by atoms with E-state index in [4.69, 9.17) is 14.3 Å². The normalized spacial score (nSPS) is 11.0. The van der Waals surface area contributed by atoms with Gasteiger partial charge in [0.1, 0.15) is 11.3 Å². The smallest absolute Gasteiger partial charge is 0.160 e. The van der Waals surface area contributed by atoms with E-state index in [0.717, 1.165) is 29.4 Å². The van der Waals surface area contributed by atoms with Gasteiger partial charge in [0.15, 0.2) is 11.5 Å². The second kappa shape index (κ2) is 6.12. The predicted octanol–water partition coefficient (Wildman–Crippen LogP) is 3.74. The van der Waals surface area contributed by atoms with Gasteiger partial charge in [0.05, 0.1) is 7.11 Å². The number of phenols is 1. The van der Waals surface area contributed by atoms with E-state index in [1.165, 1.54) is 12.7 Å². The molecule has 0 saturated carbocycles. The number of aliphatic hydroxyl groups excluding tert-OH is 1. The first-order chi connectivity index (χ1) is 10.7. The largest absolute Gasteiger partial charge is 0.504 e. The van der Waals surface area contributed by atoms with Crippen molar-refractivity contribution in [1.29, 1.82) is 0 Å². The summed E-state index contributed by atoms with van der Waals surface area (Å²) in [4.78, 5) is 0. The van der Waals surface area contributed by atoms with Crippen LogP contribution in [0.15, 0.2) is 46.9 Å². The lowest BCUT2D eigenvalue weighted by atomic mass is 10.1. The molecule has 2 N–H and O–H groups in total. The van der Waals surface area contributed by atoms with E-state index in [-0.39, 0.29) is 12.4 Å². The molecule has 1 heterocycles. The van der Waals surface area contributed by atoms with Crippen LogP contribution < -0.4 is 4.74 Å². The number of furan rings is 1. The van der Waals surface area contributed by atoms with Crippen LogP contribution in [0.3, 0.4) is 0 Å². The third kappa shape index (κ3) is 2.78. The highest BCUT2D eigenvalue weighted by Gasteiger charge is 2.10. The van der Waals surface area contributed by atoms with Gasteiger partial charge in [-0.1, -0.05) is 6.07 Å². The lowest BCUT2D eigenvalue weighted by Crippen LogP contribution is -1.88. The molecule has 0 amide bonds. The Morgan fingerprint density at radius 2 is 1.95 bits per heavy atom. The van der Waals surface area contributed by atoms with Crippen LogP contribution in [-0.2, 0) is 6.42 Å². The van der Waals surface area contributed by atoms with Gasteiger partial charge in [0.2, 0.25) is 0 Å². The zero-order valence-electron chi connectivity index (χ0n) is 12.4. The Balaban J connectivity index is 1.96. The molecule has 2 aromatic carbocycles. The fraction of sp³-hybridized carbons (Fsp3) is 0.222. The maximum atomic E-state index is 9.88. The first-order valence-corrected chi connectivity index (χ1v) is 7.22. The van der Waals surface area contributed by atoms with E-state index in [9.17, 15) is 5.11 Å². The highest BCUT2D eigenvalue weighted by atomic mass is 16.5. The number of hydrogen-bond acceptors (Lipinski definition) is 4. The molecule has 0 unspecified atom stereocenters. The average molecular weight is 298 g/mol. The van der Waals surface area contributed by atoms with Gasteiger partial charge in [-0.05, 0) is 54.8 Å². The van der Waals surface area contributed by atoms with Gasteiger partial charge in [-0.15, -0.1) is 0 Å². The summed E-state index contributed by atoms with van der Waals surface area (Å²) in [6.07, 6.45) is 1.60. The number of benzene rings is 2. The third-order valence-electron chi connectivity index (χ3n) is 3.67. The number of aromatic hydroxyl groups is 1. The van der Waals surface area contributed by atoms with Crippen molar-refractivity contribution in [3.8, 4) is 22.8 Å². The molecule has 0 spiro atoms. The van der Waals surface area contributed by atoms with E-state index in [0.29, 0.717) is 11.5 Å². The first-order valence-electron chi connectivity index (χ1n) is 7.22. The monoisotopic (exact) mass is 298 g/mol. The van der Waals surface area contributed by atoms with Gasteiger partial charge >= 0.3 is 0 Å². The van der Waals surface area contributed by atoms with E-state index < -0.39 is 0 Å². The summed E-state index contributed by atoms with van der Waals surface area (Å²) in [5.74, 6) is 1.22. The minimum atomic E-state index is 0.0871. The van der Waals surface area contributed by atoms with Crippen molar-refractivity contribution in [1.82, 2.24) is 0 Å². The molecule has 4 heteroatoms. The molecule has 0 aliphatic rings. The summed E-state index contributed by atoms with van der Waals surface area (Å²) in [6.45, 7) is 0.194. The number of fused-ring (bicyclic) bond motifs is 1. The second-order valence-corrected chi connectivity index (χ2v) is 5.20. The molecule has 3 rings (SSSR count). The number of rotatable bonds is 5. The summed E-state index contributed by atoms with van der Waals surface area (Å²) in [6, 6.07) is 13.2. The maximum absolute atomic E-state index is 9.88. The molecule has 0 radical (unpaired) electrons. The van der Waals surface area contributed by atoms with Crippen LogP contribution in [0.1, 0.15) is 12.0 Å². The molecule has 4 nitrogen and oxygen atoms in total. The lowest BCUT2D eigenvalue weighted by Gasteiger charge is -2.04. The van der Waals surface area contributed by atoms with Gasteiger partial charge in [-0.3, -0.25) is 0 Å². The molecule has 114 valence electrons. The number of aryl methyl sites for hydroxylation is 1. The van der Waals surface area contributed by atoms with Crippen molar-refractivity contribution in [2.75, 3.05) is 13.7 Å². The van der Waals surface area contributed by atoms with Crippen LogP contribution in [-0.4, -0.2) is 23.9 Å². The van der Waals surface area contributed by atoms with Crippen molar-refractivity contribution >= 4 is 11.0 Å². The molecule has 0 saturated heterocycles. The summed E-state index contributed by atoms with van der Waals surface area (Å²) in [5, 5.41) is 19.8. The van der Waals surface area contributed by atoms with Crippen LogP contribution in [0.25, 0.3) is 22.3 Å². The quantitative estimate of drug-likeness (QED) is 0.753. The van der Waals surface area contributed by atoms with Gasteiger partial charge in [-0.25, -0.2) is 0 Å².